The van der Waals surface area contributed by atoms with E-state index in [2.05, 4.69) is 10.9 Å². The first-order valence-electron chi connectivity index (χ1n) is 10.3. The fourth-order valence-electron chi connectivity index (χ4n) is 3.23. The van der Waals surface area contributed by atoms with E-state index in [9.17, 15) is 14.0 Å². The van der Waals surface area contributed by atoms with E-state index in [0.717, 1.165) is 11.3 Å². The Kier molecular flexibility index (Phi) is 7.53. The van der Waals surface area contributed by atoms with Crippen LogP contribution in [0.4, 0.5) is 4.39 Å². The average molecular weight is 461 g/mol. The van der Waals surface area contributed by atoms with E-state index in [-0.39, 0.29) is 11.4 Å². The summed E-state index contributed by atoms with van der Waals surface area (Å²) in [5.41, 5.74) is 5.54. The Balaban J connectivity index is 1.82. The maximum absolute atomic E-state index is 14.1. The molecular formula is C23H25FN2O5S. The third kappa shape index (κ3) is 4.77. The molecule has 1 heterocycles. The molecule has 3 rings (SSSR count). The van der Waals surface area contributed by atoms with Crippen LogP contribution < -0.4 is 25.1 Å². The van der Waals surface area contributed by atoms with E-state index >= 15 is 0 Å². The molecule has 0 bridgehead atoms. The van der Waals surface area contributed by atoms with Crippen LogP contribution in [0.15, 0.2) is 30.3 Å². The Hall–Kier alpha value is -3.33. The third-order valence-corrected chi connectivity index (χ3v) is 5.83. The number of benzene rings is 2. The van der Waals surface area contributed by atoms with Gasteiger partial charge >= 0.3 is 0 Å². The first kappa shape index (κ1) is 23.3. The second-order valence-corrected chi connectivity index (χ2v) is 7.73. The minimum Gasteiger partial charge on any atom is -0.490 e. The van der Waals surface area contributed by atoms with E-state index < -0.39 is 11.8 Å². The van der Waals surface area contributed by atoms with Crippen LogP contribution in [0.1, 0.15) is 46.4 Å². The second-order valence-electron chi connectivity index (χ2n) is 6.68. The van der Waals surface area contributed by atoms with E-state index in [1.165, 1.54) is 18.2 Å². The predicted octanol–water partition coefficient (Wildman–Crippen LogP) is 4.62. The molecule has 7 nitrogen and oxygen atoms in total. The normalized spacial score (nSPS) is 10.7. The topological polar surface area (TPSA) is 85.9 Å². The number of aryl methyl sites for hydroxylation is 1. The van der Waals surface area contributed by atoms with Crippen LogP contribution in [0, 0.1) is 12.7 Å². The lowest BCUT2D eigenvalue weighted by molar-refractivity contribution is 0.0848. The fraction of sp³-hybridized carbons (Fsp3) is 0.304. The molecule has 2 aromatic carbocycles. The molecule has 0 fully saturated rings. The van der Waals surface area contributed by atoms with Gasteiger partial charge in [0, 0.05) is 15.6 Å². The van der Waals surface area contributed by atoms with Gasteiger partial charge in [-0.15, -0.1) is 11.3 Å². The Labute approximate surface area is 189 Å². The number of hydrogen-bond donors (Lipinski definition) is 2. The zero-order valence-electron chi connectivity index (χ0n) is 18.3. The first-order valence-corrected chi connectivity index (χ1v) is 11.1. The summed E-state index contributed by atoms with van der Waals surface area (Å²) in [4.78, 5) is 25.7. The molecule has 9 heteroatoms. The lowest BCUT2D eigenvalue weighted by Gasteiger charge is -2.17. The molecule has 0 aliphatic rings. The highest BCUT2D eigenvalue weighted by atomic mass is 32.1. The number of halogens is 1. The quantitative estimate of drug-likeness (QED) is 0.479. The Morgan fingerprint density at radius 2 is 1.53 bits per heavy atom. The Bertz CT molecular complexity index is 1120. The maximum Gasteiger partial charge on any atom is 0.280 e. The molecule has 2 N–H and O–H groups in total. The Morgan fingerprint density at radius 3 is 2.09 bits per heavy atom. The van der Waals surface area contributed by atoms with Crippen LogP contribution in [-0.4, -0.2) is 31.6 Å². The number of fused-ring (bicyclic) bond motifs is 1. The van der Waals surface area contributed by atoms with Gasteiger partial charge in [-0.25, -0.2) is 4.39 Å². The lowest BCUT2D eigenvalue weighted by Crippen LogP contribution is -2.41. The van der Waals surface area contributed by atoms with E-state index in [4.69, 9.17) is 14.2 Å². The Morgan fingerprint density at radius 1 is 0.938 bits per heavy atom. The summed E-state index contributed by atoms with van der Waals surface area (Å²) in [6.07, 6.45) is 0. The van der Waals surface area contributed by atoms with E-state index in [1.807, 2.05) is 20.8 Å². The number of carbonyl (C=O) groups is 2. The second kappa shape index (κ2) is 10.3. The minimum atomic E-state index is -0.562. The number of hydrogen-bond acceptors (Lipinski definition) is 6. The van der Waals surface area contributed by atoms with Gasteiger partial charge in [0.1, 0.15) is 5.82 Å². The summed E-state index contributed by atoms with van der Waals surface area (Å²) in [7, 11) is 0. The molecule has 32 heavy (non-hydrogen) atoms. The molecule has 0 spiro atoms. The molecule has 0 saturated carbocycles. The van der Waals surface area contributed by atoms with Crippen molar-refractivity contribution in [2.45, 2.75) is 27.7 Å². The number of carbonyl (C=O) groups excluding carboxylic acids is 2. The summed E-state index contributed by atoms with van der Waals surface area (Å²) < 4.78 is 31.6. The van der Waals surface area contributed by atoms with Crippen LogP contribution >= 0.6 is 11.3 Å². The molecular weight excluding hydrogens is 435 g/mol. The van der Waals surface area contributed by atoms with Crippen molar-refractivity contribution in [1.82, 2.24) is 10.9 Å². The number of ether oxygens (including phenoxy) is 3. The van der Waals surface area contributed by atoms with Crippen LogP contribution in [0.3, 0.4) is 0 Å². The molecule has 1 aromatic heterocycles. The van der Waals surface area contributed by atoms with E-state index in [1.54, 1.807) is 19.1 Å². The molecule has 0 aliphatic carbocycles. The summed E-state index contributed by atoms with van der Waals surface area (Å²) in [6, 6.07) is 7.74. The van der Waals surface area contributed by atoms with Crippen molar-refractivity contribution < 1.29 is 28.2 Å². The maximum atomic E-state index is 14.1. The molecule has 0 saturated heterocycles. The standard InChI is InChI=1S/C23H25FN2O5S/c1-5-29-16-11-14(12-17(30-6-2)20(16)31-7-3)22(27)25-26-23(28)21-13(4)19-15(24)9-8-10-18(19)32-21/h8-12H,5-7H2,1-4H3,(H,25,27)(H,26,28). The van der Waals surface area contributed by atoms with E-state index in [0.29, 0.717) is 57.6 Å². The summed E-state index contributed by atoms with van der Waals surface area (Å²) >= 11 is 1.16. The fourth-order valence-corrected chi connectivity index (χ4v) is 4.35. The van der Waals surface area contributed by atoms with Gasteiger partial charge in [0.15, 0.2) is 11.5 Å². The van der Waals surface area contributed by atoms with Crippen LogP contribution in [0.2, 0.25) is 0 Å². The van der Waals surface area contributed by atoms with Crippen molar-refractivity contribution in [3.05, 3.63) is 52.2 Å². The van der Waals surface area contributed by atoms with Gasteiger partial charge in [-0.3, -0.25) is 20.4 Å². The van der Waals surface area contributed by atoms with Crippen molar-refractivity contribution in [1.29, 1.82) is 0 Å². The summed E-state index contributed by atoms with van der Waals surface area (Å²) in [5.74, 6) is -0.328. The molecule has 0 radical (unpaired) electrons. The highest BCUT2D eigenvalue weighted by Crippen LogP contribution is 2.39. The number of amides is 2. The number of rotatable bonds is 8. The molecule has 3 aromatic rings. The zero-order valence-corrected chi connectivity index (χ0v) is 19.2. The van der Waals surface area contributed by atoms with Gasteiger partial charge in [-0.1, -0.05) is 6.07 Å². The zero-order chi connectivity index (χ0) is 23.3. The highest BCUT2D eigenvalue weighted by Gasteiger charge is 2.21. The average Bonchev–Trinajstić information content (AvgIpc) is 3.12. The molecule has 0 unspecified atom stereocenters. The molecule has 0 atom stereocenters. The SMILES string of the molecule is CCOc1cc(C(=O)NNC(=O)c2sc3cccc(F)c3c2C)cc(OCC)c1OCC. The smallest absolute Gasteiger partial charge is 0.280 e. The first-order chi connectivity index (χ1) is 15.4. The van der Waals surface area contributed by atoms with Crippen molar-refractivity contribution in [3.63, 3.8) is 0 Å². The highest BCUT2D eigenvalue weighted by molar-refractivity contribution is 7.21. The van der Waals surface area contributed by atoms with Crippen molar-refractivity contribution in [3.8, 4) is 17.2 Å². The minimum absolute atomic E-state index is 0.222. The monoisotopic (exact) mass is 460 g/mol. The van der Waals surface area contributed by atoms with Crippen molar-refractivity contribution in [2.75, 3.05) is 19.8 Å². The van der Waals surface area contributed by atoms with Gasteiger partial charge in [-0.2, -0.15) is 0 Å². The molecule has 2 amide bonds. The summed E-state index contributed by atoms with van der Waals surface area (Å²) in [5, 5.41) is 0.406. The van der Waals surface area contributed by atoms with Crippen LogP contribution in [0.25, 0.3) is 10.1 Å². The van der Waals surface area contributed by atoms with Crippen molar-refractivity contribution >= 4 is 33.2 Å². The summed E-state index contributed by atoms with van der Waals surface area (Å²) in [6.45, 7) is 8.29. The number of hydrazine groups is 1. The molecule has 170 valence electrons. The lowest BCUT2D eigenvalue weighted by atomic mass is 10.1. The van der Waals surface area contributed by atoms with Gasteiger partial charge < -0.3 is 14.2 Å². The largest absolute Gasteiger partial charge is 0.490 e. The van der Waals surface area contributed by atoms with Gasteiger partial charge in [0.25, 0.3) is 11.8 Å². The van der Waals surface area contributed by atoms with Gasteiger partial charge in [0.05, 0.1) is 24.7 Å². The van der Waals surface area contributed by atoms with Crippen LogP contribution in [-0.2, 0) is 0 Å². The van der Waals surface area contributed by atoms with Crippen LogP contribution in [0.5, 0.6) is 17.2 Å². The van der Waals surface area contributed by atoms with Gasteiger partial charge in [0.2, 0.25) is 5.75 Å². The molecule has 0 aliphatic heterocycles. The van der Waals surface area contributed by atoms with Crippen molar-refractivity contribution in [2.24, 2.45) is 0 Å². The third-order valence-electron chi connectivity index (χ3n) is 4.57. The number of thiophene rings is 1. The van der Waals surface area contributed by atoms with Gasteiger partial charge in [-0.05, 0) is 57.5 Å². The predicted molar refractivity (Wildman–Crippen MR) is 121 cm³/mol. The number of nitrogens with one attached hydrogen (secondary N) is 2.